The van der Waals surface area contributed by atoms with Crippen molar-refractivity contribution >= 4 is 15.9 Å². The van der Waals surface area contributed by atoms with E-state index in [1.807, 2.05) is 32.0 Å². The van der Waals surface area contributed by atoms with Gasteiger partial charge in [-0.1, -0.05) is 30.3 Å². The summed E-state index contributed by atoms with van der Waals surface area (Å²) in [6.07, 6.45) is 0.0881. The summed E-state index contributed by atoms with van der Waals surface area (Å²) in [5.41, 5.74) is 2.32. The van der Waals surface area contributed by atoms with E-state index < -0.39 is 0 Å². The monoisotopic (exact) mass is 435 g/mol. The van der Waals surface area contributed by atoms with Gasteiger partial charge in [-0.3, -0.25) is 0 Å². The molecular weight excluding hydrogens is 406 g/mol. The maximum Gasteiger partial charge on any atom is 0.137 e. The van der Waals surface area contributed by atoms with E-state index in [1.54, 1.807) is 0 Å². The minimum Gasteiger partial charge on any atom is -0.493 e. The average molecular weight is 436 g/mol. The van der Waals surface area contributed by atoms with Crippen molar-refractivity contribution in [3.05, 3.63) is 58.1 Å². The molecule has 27 heavy (non-hydrogen) atoms. The minimum absolute atomic E-state index is 0.0881. The summed E-state index contributed by atoms with van der Waals surface area (Å²) in [5, 5.41) is 3.51. The molecule has 0 spiro atoms. The van der Waals surface area contributed by atoms with Gasteiger partial charge >= 0.3 is 0 Å². The summed E-state index contributed by atoms with van der Waals surface area (Å²) in [7, 11) is 0. The van der Waals surface area contributed by atoms with Crippen LogP contribution >= 0.6 is 15.9 Å². The molecule has 148 valence electrons. The average Bonchev–Trinajstić information content (AvgIpc) is 2.68. The van der Waals surface area contributed by atoms with E-state index in [4.69, 9.17) is 14.2 Å². The van der Waals surface area contributed by atoms with Gasteiger partial charge in [-0.2, -0.15) is 0 Å². The van der Waals surface area contributed by atoms with Crippen molar-refractivity contribution in [3.63, 3.8) is 0 Å². The van der Waals surface area contributed by atoms with Crippen molar-refractivity contribution in [2.24, 2.45) is 0 Å². The molecule has 0 aliphatic carbocycles. The fraction of sp³-hybridized carbons (Fsp3) is 0.455. The zero-order valence-electron chi connectivity index (χ0n) is 16.6. The summed E-state index contributed by atoms with van der Waals surface area (Å²) in [6.45, 7) is 10.8. The zero-order chi connectivity index (χ0) is 19.6. The van der Waals surface area contributed by atoms with Crippen LogP contribution < -0.4 is 14.8 Å². The molecular formula is C22H30BrNO3. The lowest BCUT2D eigenvalue weighted by molar-refractivity contribution is 0.0666. The van der Waals surface area contributed by atoms with E-state index in [0.717, 1.165) is 28.1 Å². The third kappa shape index (κ3) is 6.52. The van der Waals surface area contributed by atoms with Crippen LogP contribution in [0, 0.1) is 0 Å². The summed E-state index contributed by atoms with van der Waals surface area (Å²) in [4.78, 5) is 0. The van der Waals surface area contributed by atoms with Crippen molar-refractivity contribution < 1.29 is 14.2 Å². The highest BCUT2D eigenvalue weighted by Crippen LogP contribution is 2.37. The highest BCUT2D eigenvalue weighted by Gasteiger charge is 2.15. The quantitative estimate of drug-likeness (QED) is 0.461. The first-order valence-corrected chi connectivity index (χ1v) is 10.3. The fourth-order valence-electron chi connectivity index (χ4n) is 2.81. The van der Waals surface area contributed by atoms with Crippen LogP contribution in [0.25, 0.3) is 0 Å². The van der Waals surface area contributed by atoms with Crippen LogP contribution in [0.1, 0.15) is 51.0 Å². The Morgan fingerprint density at radius 1 is 0.926 bits per heavy atom. The number of halogens is 1. The summed E-state index contributed by atoms with van der Waals surface area (Å²) in [5.74, 6) is 1.61. The van der Waals surface area contributed by atoms with Crippen LogP contribution in [0.5, 0.6) is 11.5 Å². The SMILES string of the molecule is CCOc1cc([C@@H](C)NCCO[C@@H](C)c2ccccc2)cc(OCC)c1Br. The van der Waals surface area contributed by atoms with E-state index in [1.165, 1.54) is 5.56 Å². The fourth-order valence-corrected chi connectivity index (χ4v) is 3.27. The lowest BCUT2D eigenvalue weighted by atomic mass is 10.1. The molecule has 2 rings (SSSR count). The summed E-state index contributed by atoms with van der Waals surface area (Å²) in [6, 6.07) is 14.5. The summed E-state index contributed by atoms with van der Waals surface area (Å²) >= 11 is 3.58. The number of hydrogen-bond donors (Lipinski definition) is 1. The number of rotatable bonds is 11. The van der Waals surface area contributed by atoms with E-state index in [9.17, 15) is 0 Å². The predicted molar refractivity (Wildman–Crippen MR) is 114 cm³/mol. The Hall–Kier alpha value is -1.56. The third-order valence-electron chi connectivity index (χ3n) is 4.32. The van der Waals surface area contributed by atoms with Gasteiger partial charge in [0.15, 0.2) is 0 Å². The van der Waals surface area contributed by atoms with Gasteiger partial charge in [-0.15, -0.1) is 0 Å². The standard InChI is InChI=1S/C22H30BrNO3/c1-5-25-20-14-19(15-21(22(20)23)26-6-2)16(3)24-12-13-27-17(4)18-10-8-7-9-11-18/h7-11,14-17,24H,5-6,12-13H2,1-4H3/t16-,17+/m1/s1. The molecule has 0 unspecified atom stereocenters. The van der Waals surface area contributed by atoms with Crippen molar-refractivity contribution in [3.8, 4) is 11.5 Å². The molecule has 0 aliphatic rings. The lowest BCUT2D eigenvalue weighted by Gasteiger charge is -2.19. The van der Waals surface area contributed by atoms with Gasteiger partial charge in [0.2, 0.25) is 0 Å². The van der Waals surface area contributed by atoms with Crippen molar-refractivity contribution in [2.75, 3.05) is 26.4 Å². The second-order valence-electron chi connectivity index (χ2n) is 6.30. The summed E-state index contributed by atoms with van der Waals surface area (Å²) < 4.78 is 18.3. The van der Waals surface area contributed by atoms with E-state index in [2.05, 4.69) is 59.4 Å². The molecule has 0 amide bonds. The smallest absolute Gasteiger partial charge is 0.137 e. The molecule has 0 heterocycles. The number of nitrogens with one attached hydrogen (secondary N) is 1. The van der Waals surface area contributed by atoms with Crippen molar-refractivity contribution in [1.29, 1.82) is 0 Å². The number of hydrogen-bond acceptors (Lipinski definition) is 4. The maximum absolute atomic E-state index is 5.94. The van der Waals surface area contributed by atoms with Gasteiger partial charge in [0, 0.05) is 12.6 Å². The molecule has 2 aromatic carbocycles. The molecule has 2 atom stereocenters. The first-order valence-electron chi connectivity index (χ1n) is 9.55. The minimum atomic E-state index is 0.0881. The van der Waals surface area contributed by atoms with Crippen LogP contribution in [-0.2, 0) is 4.74 Å². The third-order valence-corrected chi connectivity index (χ3v) is 5.10. The molecule has 0 saturated heterocycles. The molecule has 0 bridgehead atoms. The number of benzene rings is 2. The van der Waals surface area contributed by atoms with Gasteiger partial charge in [0.1, 0.15) is 16.0 Å². The molecule has 0 fully saturated rings. The largest absolute Gasteiger partial charge is 0.493 e. The van der Waals surface area contributed by atoms with E-state index in [0.29, 0.717) is 19.8 Å². The number of ether oxygens (including phenoxy) is 3. The second-order valence-corrected chi connectivity index (χ2v) is 7.09. The van der Waals surface area contributed by atoms with Crippen LogP contribution in [0.4, 0.5) is 0 Å². The Kier molecular flexibility index (Phi) is 9.11. The topological polar surface area (TPSA) is 39.7 Å². The Labute approximate surface area is 171 Å². The van der Waals surface area contributed by atoms with Crippen LogP contribution in [0.15, 0.2) is 46.9 Å². The van der Waals surface area contributed by atoms with Gasteiger partial charge in [0.25, 0.3) is 0 Å². The van der Waals surface area contributed by atoms with Gasteiger partial charge in [-0.25, -0.2) is 0 Å². The maximum atomic E-state index is 5.94. The molecule has 2 aromatic rings. The molecule has 0 aliphatic heterocycles. The van der Waals surface area contributed by atoms with Crippen LogP contribution in [0.3, 0.4) is 0 Å². The van der Waals surface area contributed by atoms with E-state index in [-0.39, 0.29) is 12.1 Å². The highest BCUT2D eigenvalue weighted by atomic mass is 79.9. The van der Waals surface area contributed by atoms with Gasteiger partial charge in [0.05, 0.1) is 25.9 Å². The molecule has 1 N–H and O–H groups in total. The predicted octanol–water partition coefficient (Wildman–Crippen LogP) is 5.67. The first kappa shape index (κ1) is 21.7. The van der Waals surface area contributed by atoms with Gasteiger partial charge in [-0.05, 0) is 66.9 Å². The molecule has 0 saturated carbocycles. The Morgan fingerprint density at radius 3 is 2.07 bits per heavy atom. The zero-order valence-corrected chi connectivity index (χ0v) is 18.2. The second kappa shape index (κ2) is 11.3. The molecule has 5 heteroatoms. The Balaban J connectivity index is 1.92. The van der Waals surface area contributed by atoms with Crippen molar-refractivity contribution in [1.82, 2.24) is 5.32 Å². The lowest BCUT2D eigenvalue weighted by Crippen LogP contribution is -2.24. The Morgan fingerprint density at radius 2 is 1.52 bits per heavy atom. The molecule has 0 radical (unpaired) electrons. The normalized spacial score (nSPS) is 13.2. The van der Waals surface area contributed by atoms with Gasteiger partial charge < -0.3 is 19.5 Å². The Bertz CT molecular complexity index is 666. The first-order chi connectivity index (χ1) is 13.1. The molecule has 4 nitrogen and oxygen atoms in total. The van der Waals surface area contributed by atoms with E-state index >= 15 is 0 Å². The molecule has 0 aromatic heterocycles. The van der Waals surface area contributed by atoms with Crippen LogP contribution in [0.2, 0.25) is 0 Å². The van der Waals surface area contributed by atoms with Crippen molar-refractivity contribution in [2.45, 2.75) is 39.8 Å². The van der Waals surface area contributed by atoms with Crippen LogP contribution in [-0.4, -0.2) is 26.4 Å². The highest BCUT2D eigenvalue weighted by molar-refractivity contribution is 9.10.